The van der Waals surface area contributed by atoms with Gasteiger partial charge in [0.1, 0.15) is 17.1 Å². The van der Waals surface area contributed by atoms with Crippen LogP contribution in [0.25, 0.3) is 10.2 Å². The van der Waals surface area contributed by atoms with Crippen molar-refractivity contribution in [1.29, 1.82) is 0 Å². The van der Waals surface area contributed by atoms with E-state index in [0.29, 0.717) is 42.8 Å². The number of nitrogens with zero attached hydrogens (tertiary/aromatic N) is 4. The van der Waals surface area contributed by atoms with Gasteiger partial charge < -0.3 is 20.1 Å². The summed E-state index contributed by atoms with van der Waals surface area (Å²) in [6.45, 7) is 3.53. The first kappa shape index (κ1) is 26.9. The summed E-state index contributed by atoms with van der Waals surface area (Å²) in [5, 5.41) is 8.69. The molecule has 2 aromatic heterocycles. The molecule has 0 radical (unpaired) electrons. The van der Waals surface area contributed by atoms with E-state index in [9.17, 15) is 22.8 Å². The molecule has 15 heteroatoms. The van der Waals surface area contributed by atoms with Crippen molar-refractivity contribution < 1.29 is 32.2 Å². The molecule has 1 aliphatic heterocycles. The van der Waals surface area contributed by atoms with Crippen LogP contribution in [0.4, 0.5) is 39.4 Å². The first-order valence-electron chi connectivity index (χ1n) is 12.3. The molecule has 39 heavy (non-hydrogen) atoms. The molecule has 3 heterocycles. The number of fused-ring (bicyclic) bond motifs is 1. The van der Waals surface area contributed by atoms with E-state index in [1.54, 1.807) is 6.07 Å². The van der Waals surface area contributed by atoms with Crippen LogP contribution in [-0.4, -0.2) is 78.7 Å². The number of hydrogen-bond donors (Lipinski definition) is 3. The summed E-state index contributed by atoms with van der Waals surface area (Å²) >= 11 is 1.26. The van der Waals surface area contributed by atoms with Crippen molar-refractivity contribution >= 4 is 50.3 Å². The standard InChI is InChI=1S/C24H26F3N7O4S/c25-24(26,27)38-17-5-3-16(4-6-17)30-23(36)34(8-7-33-9-11-37-12-10-33)20-13-19-18(14-28-20)31-22(39-19)32-21(35)29-15-1-2-15/h3-6,13-15H,1-2,7-12H2,(H,30,36)(H2,29,31,32,35). The lowest BCUT2D eigenvalue weighted by molar-refractivity contribution is -0.274. The first-order valence-corrected chi connectivity index (χ1v) is 13.1. The molecular formula is C24H26F3N7O4S. The fourth-order valence-corrected chi connectivity index (χ4v) is 4.75. The maximum Gasteiger partial charge on any atom is 0.573 e. The second-order valence-corrected chi connectivity index (χ2v) is 10.0. The number of hydrogen-bond acceptors (Lipinski definition) is 8. The highest BCUT2D eigenvalue weighted by molar-refractivity contribution is 7.22. The number of pyridine rings is 1. The quantitative estimate of drug-likeness (QED) is 0.374. The molecule has 1 saturated heterocycles. The zero-order valence-corrected chi connectivity index (χ0v) is 21.5. The van der Waals surface area contributed by atoms with Gasteiger partial charge in [-0.05, 0) is 37.1 Å². The van der Waals surface area contributed by atoms with Gasteiger partial charge in [0, 0.05) is 44.0 Å². The monoisotopic (exact) mass is 565 g/mol. The second-order valence-electron chi connectivity index (χ2n) is 9.01. The van der Waals surface area contributed by atoms with E-state index in [1.807, 2.05) is 0 Å². The number of morpholine rings is 1. The molecular weight excluding hydrogens is 539 g/mol. The Balaban J connectivity index is 1.31. The molecule has 11 nitrogen and oxygen atoms in total. The van der Waals surface area contributed by atoms with Crippen LogP contribution in [-0.2, 0) is 4.74 Å². The Morgan fingerprint density at radius 2 is 1.90 bits per heavy atom. The van der Waals surface area contributed by atoms with Gasteiger partial charge in [-0.25, -0.2) is 19.6 Å². The SMILES string of the molecule is O=C(Nc1nc2cnc(N(CCN3CCOCC3)C(=O)Nc3ccc(OC(F)(F)F)cc3)cc2s1)NC1CC1. The number of aromatic nitrogens is 2. The summed E-state index contributed by atoms with van der Waals surface area (Å²) in [5.74, 6) is -0.0277. The number of thiazole rings is 1. The number of urea groups is 2. The van der Waals surface area contributed by atoms with E-state index in [2.05, 4.69) is 35.6 Å². The van der Waals surface area contributed by atoms with Crippen molar-refractivity contribution in [2.24, 2.45) is 0 Å². The molecule has 1 aromatic carbocycles. The van der Waals surface area contributed by atoms with Gasteiger partial charge in [-0.2, -0.15) is 0 Å². The summed E-state index contributed by atoms with van der Waals surface area (Å²) in [6.07, 6.45) is -1.34. The summed E-state index contributed by atoms with van der Waals surface area (Å²) in [6, 6.07) is 5.99. The summed E-state index contributed by atoms with van der Waals surface area (Å²) in [5.41, 5.74) is 0.859. The number of anilines is 3. The average molecular weight is 566 g/mol. The molecule has 1 saturated carbocycles. The highest BCUT2D eigenvalue weighted by atomic mass is 32.1. The van der Waals surface area contributed by atoms with Crippen LogP contribution < -0.4 is 25.6 Å². The number of ether oxygens (including phenoxy) is 2. The predicted octanol–water partition coefficient (Wildman–Crippen LogP) is 4.24. The Labute approximate surface area is 225 Å². The predicted molar refractivity (Wildman–Crippen MR) is 139 cm³/mol. The number of carbonyl (C=O) groups is 2. The Hall–Kier alpha value is -3.69. The first-order chi connectivity index (χ1) is 18.7. The molecule has 5 rings (SSSR count). The van der Waals surface area contributed by atoms with Gasteiger partial charge in [-0.3, -0.25) is 15.1 Å². The van der Waals surface area contributed by atoms with Crippen molar-refractivity contribution in [2.75, 3.05) is 54.9 Å². The van der Waals surface area contributed by atoms with Crippen molar-refractivity contribution in [2.45, 2.75) is 25.2 Å². The third-order valence-electron chi connectivity index (χ3n) is 6.00. The number of benzene rings is 1. The summed E-state index contributed by atoms with van der Waals surface area (Å²) in [7, 11) is 0. The molecule has 3 N–H and O–H groups in total. The van der Waals surface area contributed by atoms with E-state index in [4.69, 9.17) is 4.74 Å². The Kier molecular flexibility index (Phi) is 7.99. The molecule has 4 amide bonds. The molecule has 1 aliphatic carbocycles. The minimum atomic E-state index is -4.81. The number of halogens is 3. The maximum atomic E-state index is 13.3. The summed E-state index contributed by atoms with van der Waals surface area (Å²) in [4.78, 5) is 37.9. The highest BCUT2D eigenvalue weighted by Crippen LogP contribution is 2.29. The van der Waals surface area contributed by atoms with E-state index in [1.165, 1.54) is 34.6 Å². The minimum Gasteiger partial charge on any atom is -0.406 e. The van der Waals surface area contributed by atoms with E-state index >= 15 is 0 Å². The van der Waals surface area contributed by atoms with Crippen LogP contribution in [0.15, 0.2) is 36.5 Å². The highest BCUT2D eigenvalue weighted by Gasteiger charge is 2.31. The molecule has 0 unspecified atom stereocenters. The topological polar surface area (TPSA) is 121 Å². The Bertz CT molecular complexity index is 1310. The van der Waals surface area contributed by atoms with Crippen LogP contribution in [0.3, 0.4) is 0 Å². The van der Waals surface area contributed by atoms with Crippen LogP contribution in [0.1, 0.15) is 12.8 Å². The zero-order valence-electron chi connectivity index (χ0n) is 20.7. The van der Waals surface area contributed by atoms with Gasteiger partial charge >= 0.3 is 18.4 Å². The molecule has 2 fully saturated rings. The average Bonchev–Trinajstić information content (AvgIpc) is 3.61. The molecule has 2 aliphatic rings. The van der Waals surface area contributed by atoms with Crippen LogP contribution >= 0.6 is 11.3 Å². The molecule has 0 bridgehead atoms. The third-order valence-corrected chi connectivity index (χ3v) is 6.93. The Morgan fingerprint density at radius 3 is 2.59 bits per heavy atom. The lowest BCUT2D eigenvalue weighted by atomic mass is 10.3. The smallest absolute Gasteiger partial charge is 0.406 e. The zero-order chi connectivity index (χ0) is 27.4. The Morgan fingerprint density at radius 1 is 1.15 bits per heavy atom. The van der Waals surface area contributed by atoms with Gasteiger partial charge in [0.2, 0.25) is 0 Å². The van der Waals surface area contributed by atoms with E-state index < -0.39 is 18.1 Å². The molecule has 0 atom stereocenters. The van der Waals surface area contributed by atoms with Gasteiger partial charge in [-0.15, -0.1) is 13.2 Å². The normalized spacial score (nSPS) is 16.1. The maximum absolute atomic E-state index is 13.3. The van der Waals surface area contributed by atoms with Gasteiger partial charge in [0.25, 0.3) is 0 Å². The van der Waals surface area contributed by atoms with Crippen LogP contribution in [0.5, 0.6) is 5.75 Å². The number of amides is 4. The van der Waals surface area contributed by atoms with E-state index in [-0.39, 0.29) is 17.8 Å². The lowest BCUT2D eigenvalue weighted by Crippen LogP contribution is -2.44. The molecule has 3 aromatic rings. The second kappa shape index (κ2) is 11.6. The minimum absolute atomic E-state index is 0.208. The number of carbonyl (C=O) groups excluding carboxylic acids is 2. The van der Waals surface area contributed by atoms with Crippen LogP contribution in [0, 0.1) is 0 Å². The van der Waals surface area contributed by atoms with E-state index in [0.717, 1.165) is 42.8 Å². The van der Waals surface area contributed by atoms with Crippen molar-refractivity contribution in [3.8, 4) is 5.75 Å². The fourth-order valence-electron chi connectivity index (χ4n) is 3.89. The van der Waals surface area contributed by atoms with Crippen molar-refractivity contribution in [3.63, 3.8) is 0 Å². The van der Waals surface area contributed by atoms with Gasteiger partial charge in [-0.1, -0.05) is 11.3 Å². The van der Waals surface area contributed by atoms with Crippen LogP contribution in [0.2, 0.25) is 0 Å². The van der Waals surface area contributed by atoms with Gasteiger partial charge in [0.15, 0.2) is 5.13 Å². The molecule has 0 spiro atoms. The number of nitrogens with one attached hydrogen (secondary N) is 3. The molecule has 208 valence electrons. The van der Waals surface area contributed by atoms with Gasteiger partial charge in [0.05, 0.1) is 24.1 Å². The summed E-state index contributed by atoms with van der Waals surface area (Å²) < 4.78 is 47.4. The fraction of sp³-hybridized carbons (Fsp3) is 0.417. The largest absolute Gasteiger partial charge is 0.573 e. The van der Waals surface area contributed by atoms with Crippen molar-refractivity contribution in [1.82, 2.24) is 20.2 Å². The lowest BCUT2D eigenvalue weighted by Gasteiger charge is -2.29. The number of alkyl halides is 3. The number of rotatable bonds is 8. The van der Waals surface area contributed by atoms with Crippen molar-refractivity contribution in [3.05, 3.63) is 36.5 Å². The third kappa shape index (κ3) is 7.68.